The van der Waals surface area contributed by atoms with Gasteiger partial charge in [0.1, 0.15) is 5.82 Å². The summed E-state index contributed by atoms with van der Waals surface area (Å²) in [4.78, 5) is 14.7. The molecular weight excluding hydrogens is 302 g/mol. The standard InChI is InChI=1S/C18H23N5O/c24-18(19-14-8-2-1-3-9-14)22-12-6-4-10-15(22)17-21-20-16-11-5-7-13-23(16)17/h1-3,8-9,15H,4-7,10-13H2,(H,19,24)/t15-/m1/s1. The molecule has 126 valence electrons. The van der Waals surface area contributed by atoms with Crippen LogP contribution >= 0.6 is 0 Å². The predicted octanol–water partition coefficient (Wildman–Crippen LogP) is 3.37. The number of para-hydroxylation sites is 1. The number of amides is 2. The fourth-order valence-corrected chi connectivity index (χ4v) is 3.74. The third-order valence-corrected chi connectivity index (χ3v) is 4.97. The Labute approximate surface area is 141 Å². The lowest BCUT2D eigenvalue weighted by atomic mass is 10.0. The van der Waals surface area contributed by atoms with Crippen molar-refractivity contribution < 1.29 is 4.79 Å². The lowest BCUT2D eigenvalue weighted by Gasteiger charge is -2.35. The molecule has 2 aromatic rings. The number of benzene rings is 1. The molecule has 1 N–H and O–H groups in total. The molecule has 0 radical (unpaired) electrons. The minimum absolute atomic E-state index is 0.0295. The van der Waals surface area contributed by atoms with E-state index >= 15 is 0 Å². The number of nitrogens with one attached hydrogen (secondary N) is 1. The van der Waals surface area contributed by atoms with Gasteiger partial charge in [-0.1, -0.05) is 18.2 Å². The number of urea groups is 1. The maximum Gasteiger partial charge on any atom is 0.322 e. The SMILES string of the molecule is O=C(Nc1ccccc1)N1CCCC[C@@H]1c1nnc2n1CCCC2. The van der Waals surface area contributed by atoms with E-state index in [1.807, 2.05) is 35.2 Å². The Morgan fingerprint density at radius 3 is 2.75 bits per heavy atom. The van der Waals surface area contributed by atoms with Crippen molar-refractivity contribution in [2.45, 2.75) is 51.1 Å². The van der Waals surface area contributed by atoms with Crippen LogP contribution in [0.1, 0.15) is 49.8 Å². The second-order valence-electron chi connectivity index (χ2n) is 6.58. The van der Waals surface area contributed by atoms with Gasteiger partial charge in [0.15, 0.2) is 5.82 Å². The third kappa shape index (κ3) is 2.88. The van der Waals surface area contributed by atoms with Gasteiger partial charge in [0, 0.05) is 25.2 Å². The van der Waals surface area contributed by atoms with Crippen LogP contribution in [0.4, 0.5) is 10.5 Å². The summed E-state index contributed by atoms with van der Waals surface area (Å²) in [6, 6.07) is 9.62. The molecule has 2 aliphatic rings. The Bertz CT molecular complexity index is 711. The van der Waals surface area contributed by atoms with Crippen LogP contribution in [-0.2, 0) is 13.0 Å². The highest BCUT2D eigenvalue weighted by atomic mass is 16.2. The van der Waals surface area contributed by atoms with E-state index in [0.717, 1.165) is 56.1 Å². The number of fused-ring (bicyclic) bond motifs is 1. The zero-order valence-electron chi connectivity index (χ0n) is 13.8. The van der Waals surface area contributed by atoms with Gasteiger partial charge < -0.3 is 14.8 Å². The molecule has 0 spiro atoms. The van der Waals surface area contributed by atoms with Crippen molar-refractivity contribution in [3.63, 3.8) is 0 Å². The molecular formula is C18H23N5O. The van der Waals surface area contributed by atoms with Crippen LogP contribution in [0, 0.1) is 0 Å². The van der Waals surface area contributed by atoms with Crippen molar-refractivity contribution in [3.8, 4) is 0 Å². The molecule has 6 nitrogen and oxygen atoms in total. The highest BCUT2D eigenvalue weighted by molar-refractivity contribution is 5.89. The van der Waals surface area contributed by atoms with Crippen LogP contribution in [0.15, 0.2) is 30.3 Å². The molecule has 3 heterocycles. The molecule has 0 aliphatic carbocycles. The zero-order valence-corrected chi connectivity index (χ0v) is 13.8. The highest BCUT2D eigenvalue weighted by Crippen LogP contribution is 2.32. The number of carbonyl (C=O) groups is 1. The van der Waals surface area contributed by atoms with E-state index in [1.165, 1.54) is 12.8 Å². The summed E-state index contributed by atoms with van der Waals surface area (Å²) in [7, 11) is 0. The maximum atomic E-state index is 12.8. The van der Waals surface area contributed by atoms with Gasteiger partial charge in [-0.25, -0.2) is 4.79 Å². The van der Waals surface area contributed by atoms with E-state index in [2.05, 4.69) is 20.1 Å². The van der Waals surface area contributed by atoms with Gasteiger partial charge in [-0.3, -0.25) is 0 Å². The molecule has 0 bridgehead atoms. The topological polar surface area (TPSA) is 63.1 Å². The van der Waals surface area contributed by atoms with Gasteiger partial charge in [-0.05, 0) is 44.2 Å². The van der Waals surface area contributed by atoms with Crippen LogP contribution in [0.3, 0.4) is 0 Å². The average molecular weight is 325 g/mol. The summed E-state index contributed by atoms with van der Waals surface area (Å²) in [6.07, 6.45) is 6.47. The van der Waals surface area contributed by atoms with E-state index in [9.17, 15) is 4.79 Å². The van der Waals surface area contributed by atoms with Crippen molar-refractivity contribution in [1.82, 2.24) is 19.7 Å². The minimum Gasteiger partial charge on any atom is -0.314 e. The van der Waals surface area contributed by atoms with Crippen molar-refractivity contribution >= 4 is 11.7 Å². The number of hydrogen-bond donors (Lipinski definition) is 1. The van der Waals surface area contributed by atoms with Crippen molar-refractivity contribution in [3.05, 3.63) is 42.0 Å². The second-order valence-corrected chi connectivity index (χ2v) is 6.58. The van der Waals surface area contributed by atoms with E-state index in [-0.39, 0.29) is 12.1 Å². The Hall–Kier alpha value is -2.37. The van der Waals surface area contributed by atoms with Crippen molar-refractivity contribution in [2.24, 2.45) is 0 Å². The van der Waals surface area contributed by atoms with Gasteiger partial charge in [-0.2, -0.15) is 0 Å². The first-order valence-electron chi connectivity index (χ1n) is 8.87. The van der Waals surface area contributed by atoms with Crippen LogP contribution in [0.25, 0.3) is 0 Å². The van der Waals surface area contributed by atoms with Crippen molar-refractivity contribution in [1.29, 1.82) is 0 Å². The summed E-state index contributed by atoms with van der Waals surface area (Å²) in [6.45, 7) is 1.74. The van der Waals surface area contributed by atoms with Gasteiger partial charge in [0.05, 0.1) is 6.04 Å². The lowest BCUT2D eigenvalue weighted by Crippen LogP contribution is -2.42. The lowest BCUT2D eigenvalue weighted by molar-refractivity contribution is 0.156. The van der Waals surface area contributed by atoms with Gasteiger partial charge >= 0.3 is 6.03 Å². The van der Waals surface area contributed by atoms with Gasteiger partial charge in [-0.15, -0.1) is 10.2 Å². The molecule has 6 heteroatoms. The Morgan fingerprint density at radius 2 is 1.88 bits per heavy atom. The van der Waals surface area contributed by atoms with E-state index in [4.69, 9.17) is 0 Å². The smallest absolute Gasteiger partial charge is 0.314 e. The molecule has 1 fully saturated rings. The first-order valence-corrected chi connectivity index (χ1v) is 8.87. The van der Waals surface area contributed by atoms with E-state index in [1.54, 1.807) is 0 Å². The first kappa shape index (κ1) is 15.2. The number of anilines is 1. The summed E-state index contributed by atoms with van der Waals surface area (Å²) < 4.78 is 2.24. The largest absolute Gasteiger partial charge is 0.322 e. The maximum absolute atomic E-state index is 12.8. The number of carbonyl (C=O) groups excluding carboxylic acids is 1. The van der Waals surface area contributed by atoms with E-state index < -0.39 is 0 Å². The van der Waals surface area contributed by atoms with Crippen LogP contribution in [0.5, 0.6) is 0 Å². The monoisotopic (exact) mass is 325 g/mol. The normalized spacial score (nSPS) is 20.5. The quantitative estimate of drug-likeness (QED) is 0.921. The van der Waals surface area contributed by atoms with Gasteiger partial charge in [0.2, 0.25) is 0 Å². The third-order valence-electron chi connectivity index (χ3n) is 4.97. The molecule has 0 saturated carbocycles. The molecule has 2 amide bonds. The number of aromatic nitrogens is 3. The summed E-state index contributed by atoms with van der Waals surface area (Å²) >= 11 is 0. The van der Waals surface area contributed by atoms with Crippen molar-refractivity contribution in [2.75, 3.05) is 11.9 Å². The van der Waals surface area contributed by atoms with Crippen LogP contribution in [0.2, 0.25) is 0 Å². The Morgan fingerprint density at radius 1 is 1.04 bits per heavy atom. The molecule has 1 aromatic heterocycles. The Balaban J connectivity index is 1.57. The molecule has 4 rings (SSSR count). The molecule has 1 aromatic carbocycles. The second kappa shape index (κ2) is 6.63. The fourth-order valence-electron chi connectivity index (χ4n) is 3.74. The summed E-state index contributed by atoms with van der Waals surface area (Å²) in [5, 5.41) is 11.8. The number of aryl methyl sites for hydroxylation is 1. The summed E-state index contributed by atoms with van der Waals surface area (Å²) in [5.41, 5.74) is 0.829. The average Bonchev–Trinajstić information content (AvgIpc) is 3.06. The fraction of sp³-hybridized carbons (Fsp3) is 0.500. The molecule has 1 saturated heterocycles. The van der Waals surface area contributed by atoms with Crippen LogP contribution < -0.4 is 5.32 Å². The minimum atomic E-state index is -0.0425. The molecule has 2 aliphatic heterocycles. The number of piperidine rings is 1. The van der Waals surface area contributed by atoms with E-state index in [0.29, 0.717) is 0 Å². The molecule has 24 heavy (non-hydrogen) atoms. The Kier molecular flexibility index (Phi) is 4.19. The number of likely N-dealkylation sites (tertiary alicyclic amines) is 1. The molecule has 0 unspecified atom stereocenters. The van der Waals surface area contributed by atoms with Crippen LogP contribution in [-0.4, -0.2) is 32.2 Å². The van der Waals surface area contributed by atoms with Gasteiger partial charge in [0.25, 0.3) is 0 Å². The number of rotatable bonds is 2. The summed E-state index contributed by atoms with van der Waals surface area (Å²) in [5.74, 6) is 2.04. The predicted molar refractivity (Wildman–Crippen MR) is 91.7 cm³/mol. The zero-order chi connectivity index (χ0) is 16.4. The first-order chi connectivity index (χ1) is 11.8. The highest BCUT2D eigenvalue weighted by Gasteiger charge is 2.33. The number of nitrogens with zero attached hydrogens (tertiary/aromatic N) is 4. The molecule has 1 atom stereocenters. The number of hydrogen-bond acceptors (Lipinski definition) is 3.